The lowest BCUT2D eigenvalue weighted by Crippen LogP contribution is -2.26. The van der Waals surface area contributed by atoms with Crippen LogP contribution >= 0.6 is 11.8 Å². The fourth-order valence-electron chi connectivity index (χ4n) is 3.09. The molecule has 1 heterocycles. The SMILES string of the molecule is COc1ccc(CN(C)C(=O)c2ccccc2SC[C@@H]2CCCO2)cc1F. The van der Waals surface area contributed by atoms with Gasteiger partial charge in [0, 0.05) is 30.8 Å². The third-order valence-corrected chi connectivity index (χ3v) is 5.75. The third-order valence-electron chi connectivity index (χ3n) is 4.55. The van der Waals surface area contributed by atoms with Crippen LogP contribution in [0.3, 0.4) is 0 Å². The van der Waals surface area contributed by atoms with Crippen LogP contribution in [0.5, 0.6) is 5.75 Å². The smallest absolute Gasteiger partial charge is 0.255 e. The van der Waals surface area contributed by atoms with E-state index in [0.29, 0.717) is 17.7 Å². The van der Waals surface area contributed by atoms with E-state index in [1.165, 1.54) is 13.2 Å². The van der Waals surface area contributed by atoms with Gasteiger partial charge in [-0.2, -0.15) is 0 Å². The Bertz CT molecular complexity index is 793. The fraction of sp³-hybridized carbons (Fsp3) is 0.381. The second-order valence-electron chi connectivity index (χ2n) is 6.57. The monoisotopic (exact) mass is 389 g/mol. The summed E-state index contributed by atoms with van der Waals surface area (Å²) in [6, 6.07) is 12.4. The van der Waals surface area contributed by atoms with Crippen molar-refractivity contribution in [2.45, 2.75) is 30.4 Å². The fourth-order valence-corrected chi connectivity index (χ4v) is 4.20. The molecule has 1 aliphatic heterocycles. The molecule has 0 aliphatic carbocycles. The molecule has 0 radical (unpaired) electrons. The highest BCUT2D eigenvalue weighted by Gasteiger charge is 2.20. The Hall–Kier alpha value is -2.05. The van der Waals surface area contributed by atoms with Gasteiger partial charge in [-0.25, -0.2) is 4.39 Å². The molecular weight excluding hydrogens is 365 g/mol. The molecule has 144 valence electrons. The minimum Gasteiger partial charge on any atom is -0.494 e. The van der Waals surface area contributed by atoms with Crippen LogP contribution in [0.2, 0.25) is 0 Å². The summed E-state index contributed by atoms with van der Waals surface area (Å²) in [4.78, 5) is 15.5. The maximum Gasteiger partial charge on any atom is 0.255 e. The Morgan fingerprint density at radius 1 is 1.33 bits per heavy atom. The number of thioether (sulfide) groups is 1. The second kappa shape index (κ2) is 9.24. The lowest BCUT2D eigenvalue weighted by Gasteiger charge is -2.20. The first-order valence-corrected chi connectivity index (χ1v) is 9.98. The molecule has 27 heavy (non-hydrogen) atoms. The van der Waals surface area contributed by atoms with E-state index < -0.39 is 5.82 Å². The van der Waals surface area contributed by atoms with E-state index in [0.717, 1.165) is 30.1 Å². The summed E-state index contributed by atoms with van der Waals surface area (Å²) >= 11 is 1.65. The first kappa shape index (κ1) is 19.7. The predicted molar refractivity (Wildman–Crippen MR) is 105 cm³/mol. The highest BCUT2D eigenvalue weighted by Crippen LogP contribution is 2.28. The molecule has 0 saturated carbocycles. The topological polar surface area (TPSA) is 38.8 Å². The number of rotatable bonds is 7. The van der Waals surface area contributed by atoms with Gasteiger partial charge in [0.25, 0.3) is 5.91 Å². The number of methoxy groups -OCH3 is 1. The summed E-state index contributed by atoms with van der Waals surface area (Å²) < 4.78 is 24.5. The van der Waals surface area contributed by atoms with Gasteiger partial charge >= 0.3 is 0 Å². The Labute approximate surface area is 163 Å². The molecule has 1 saturated heterocycles. The standard InChI is InChI=1S/C21H24FNO3S/c1-23(13-15-9-10-19(25-2)18(22)12-15)21(24)17-7-3-4-8-20(17)27-14-16-6-5-11-26-16/h3-4,7-10,12,16H,5-6,11,13-14H2,1-2H3/t16-/m0/s1. The molecule has 1 fully saturated rings. The van der Waals surface area contributed by atoms with Gasteiger partial charge in [0.05, 0.1) is 18.8 Å². The summed E-state index contributed by atoms with van der Waals surface area (Å²) in [6.07, 6.45) is 2.44. The minimum absolute atomic E-state index is 0.0818. The van der Waals surface area contributed by atoms with Crippen LogP contribution in [0.15, 0.2) is 47.4 Å². The van der Waals surface area contributed by atoms with Crippen molar-refractivity contribution in [3.63, 3.8) is 0 Å². The zero-order valence-electron chi connectivity index (χ0n) is 15.6. The van der Waals surface area contributed by atoms with E-state index in [9.17, 15) is 9.18 Å². The molecule has 1 aliphatic rings. The van der Waals surface area contributed by atoms with Crippen molar-refractivity contribution in [1.29, 1.82) is 0 Å². The molecule has 1 amide bonds. The van der Waals surface area contributed by atoms with Gasteiger partial charge in [-0.15, -0.1) is 11.8 Å². The summed E-state index contributed by atoms with van der Waals surface area (Å²) in [6.45, 7) is 1.15. The summed E-state index contributed by atoms with van der Waals surface area (Å²) in [5.74, 6) is 0.533. The molecule has 0 N–H and O–H groups in total. The van der Waals surface area contributed by atoms with Crippen molar-refractivity contribution in [3.8, 4) is 5.75 Å². The molecule has 0 unspecified atom stereocenters. The van der Waals surface area contributed by atoms with Crippen LogP contribution < -0.4 is 4.74 Å². The van der Waals surface area contributed by atoms with Gasteiger partial charge < -0.3 is 14.4 Å². The number of hydrogen-bond donors (Lipinski definition) is 0. The normalized spacial score (nSPS) is 16.3. The first-order chi connectivity index (χ1) is 13.1. The Kier molecular flexibility index (Phi) is 6.74. The van der Waals surface area contributed by atoms with E-state index >= 15 is 0 Å². The summed E-state index contributed by atoms with van der Waals surface area (Å²) in [5, 5.41) is 0. The van der Waals surface area contributed by atoms with E-state index in [2.05, 4.69) is 0 Å². The molecule has 2 aromatic rings. The van der Waals surface area contributed by atoms with Crippen molar-refractivity contribution < 1.29 is 18.7 Å². The molecule has 1 atom stereocenters. The van der Waals surface area contributed by atoms with E-state index in [1.54, 1.807) is 35.8 Å². The average Bonchev–Trinajstić information content (AvgIpc) is 3.20. The van der Waals surface area contributed by atoms with Gasteiger partial charge in [0.15, 0.2) is 11.6 Å². The summed E-state index contributed by atoms with van der Waals surface area (Å²) in [5.41, 5.74) is 1.38. The maximum absolute atomic E-state index is 13.9. The van der Waals surface area contributed by atoms with Crippen molar-refractivity contribution in [1.82, 2.24) is 4.90 Å². The first-order valence-electron chi connectivity index (χ1n) is 9.00. The number of carbonyl (C=O) groups excluding carboxylic acids is 1. The van der Waals surface area contributed by atoms with Crippen LogP contribution in [0.25, 0.3) is 0 Å². The predicted octanol–water partition coefficient (Wildman–Crippen LogP) is 4.38. The Morgan fingerprint density at radius 2 is 2.15 bits per heavy atom. The molecule has 6 heteroatoms. The molecule has 4 nitrogen and oxygen atoms in total. The van der Waals surface area contributed by atoms with Crippen LogP contribution in [-0.2, 0) is 11.3 Å². The van der Waals surface area contributed by atoms with Crippen LogP contribution in [0.1, 0.15) is 28.8 Å². The number of amides is 1. The number of carbonyl (C=O) groups is 1. The molecule has 2 aromatic carbocycles. The lowest BCUT2D eigenvalue weighted by molar-refractivity contribution is 0.0781. The Balaban J connectivity index is 1.68. The quantitative estimate of drug-likeness (QED) is 0.659. The lowest BCUT2D eigenvalue weighted by atomic mass is 10.1. The van der Waals surface area contributed by atoms with Crippen molar-refractivity contribution >= 4 is 17.7 Å². The number of halogens is 1. The van der Waals surface area contributed by atoms with E-state index in [-0.39, 0.29) is 17.8 Å². The number of benzene rings is 2. The van der Waals surface area contributed by atoms with Crippen molar-refractivity contribution in [2.75, 3.05) is 26.5 Å². The van der Waals surface area contributed by atoms with Crippen LogP contribution in [-0.4, -0.2) is 43.4 Å². The van der Waals surface area contributed by atoms with Gasteiger partial charge in [0.2, 0.25) is 0 Å². The second-order valence-corrected chi connectivity index (χ2v) is 7.63. The van der Waals surface area contributed by atoms with Gasteiger partial charge in [-0.3, -0.25) is 4.79 Å². The maximum atomic E-state index is 13.9. The molecular formula is C21H24FNO3S. The number of nitrogens with zero attached hydrogens (tertiary/aromatic N) is 1. The molecule has 0 bridgehead atoms. The van der Waals surface area contributed by atoms with Gasteiger partial charge in [0.1, 0.15) is 0 Å². The van der Waals surface area contributed by atoms with Gasteiger partial charge in [-0.1, -0.05) is 18.2 Å². The Morgan fingerprint density at radius 3 is 2.85 bits per heavy atom. The third kappa shape index (κ3) is 5.02. The van der Waals surface area contributed by atoms with Crippen LogP contribution in [0.4, 0.5) is 4.39 Å². The zero-order chi connectivity index (χ0) is 19.2. The summed E-state index contributed by atoms with van der Waals surface area (Å²) in [7, 11) is 3.16. The largest absolute Gasteiger partial charge is 0.494 e. The molecule has 3 rings (SSSR count). The molecule has 0 aromatic heterocycles. The van der Waals surface area contributed by atoms with Crippen molar-refractivity contribution in [2.24, 2.45) is 0 Å². The highest BCUT2D eigenvalue weighted by molar-refractivity contribution is 7.99. The van der Waals surface area contributed by atoms with Crippen molar-refractivity contribution in [3.05, 3.63) is 59.4 Å². The van der Waals surface area contributed by atoms with Gasteiger partial charge in [-0.05, 0) is 42.7 Å². The number of ether oxygens (including phenoxy) is 2. The average molecular weight is 389 g/mol. The highest BCUT2D eigenvalue weighted by atomic mass is 32.2. The number of hydrogen-bond acceptors (Lipinski definition) is 4. The van der Waals surface area contributed by atoms with Crippen LogP contribution in [0, 0.1) is 5.82 Å². The van der Waals surface area contributed by atoms with E-state index in [4.69, 9.17) is 9.47 Å². The minimum atomic E-state index is -0.427. The van der Waals surface area contributed by atoms with E-state index in [1.807, 2.05) is 24.3 Å². The molecule has 0 spiro atoms. The zero-order valence-corrected chi connectivity index (χ0v) is 16.4.